The van der Waals surface area contributed by atoms with Crippen LogP contribution in [0.3, 0.4) is 0 Å². The third kappa shape index (κ3) is 2.70. The summed E-state index contributed by atoms with van der Waals surface area (Å²) in [6.07, 6.45) is 2.93. The summed E-state index contributed by atoms with van der Waals surface area (Å²) in [5.74, 6) is -0.972. The van der Waals surface area contributed by atoms with Gasteiger partial charge in [-0.3, -0.25) is 0 Å². The van der Waals surface area contributed by atoms with Crippen LogP contribution < -0.4 is 0 Å². The monoisotopic (exact) mass is 242 g/mol. The van der Waals surface area contributed by atoms with Crippen LogP contribution in [0.2, 0.25) is 0 Å². The van der Waals surface area contributed by atoms with Crippen molar-refractivity contribution in [3.05, 3.63) is 0 Å². The molecular weight excluding hydrogens is 220 g/mol. The second-order valence-corrected chi connectivity index (χ2v) is 4.80. The van der Waals surface area contributed by atoms with E-state index >= 15 is 0 Å². The van der Waals surface area contributed by atoms with E-state index in [1.165, 1.54) is 11.8 Å². The molecule has 5 nitrogen and oxygen atoms in total. The highest BCUT2D eigenvalue weighted by Crippen LogP contribution is 2.27. The minimum atomic E-state index is -0.972. The number of likely N-dealkylation sites (tertiary alicyclic amines) is 1. The Morgan fingerprint density at radius 2 is 2.06 bits per heavy atom. The first-order chi connectivity index (χ1) is 7.90. The van der Waals surface area contributed by atoms with Crippen molar-refractivity contribution in [1.29, 1.82) is 0 Å². The summed E-state index contributed by atoms with van der Waals surface area (Å²) in [5.41, 5.74) is 0. The van der Waals surface area contributed by atoms with Crippen LogP contribution in [0, 0.1) is 0 Å². The molecule has 0 aromatic rings. The zero-order chi connectivity index (χ0) is 13.2. The van der Waals surface area contributed by atoms with Crippen LogP contribution in [0.1, 0.15) is 40.0 Å². The highest BCUT2D eigenvalue weighted by atomic mass is 16.4. The topological polar surface area (TPSA) is 60.9 Å². The van der Waals surface area contributed by atoms with Crippen molar-refractivity contribution in [2.24, 2.45) is 0 Å². The van der Waals surface area contributed by atoms with E-state index in [1.54, 1.807) is 7.05 Å². The number of carboxylic acids is 1. The van der Waals surface area contributed by atoms with Crippen LogP contribution in [0.5, 0.6) is 0 Å². The number of carbonyl (C=O) groups is 2. The molecule has 1 rings (SSSR count). The van der Waals surface area contributed by atoms with E-state index in [4.69, 9.17) is 5.11 Å². The Balaban J connectivity index is 2.77. The maximum atomic E-state index is 12.3. The molecule has 17 heavy (non-hydrogen) atoms. The fraction of sp³-hybridized carbons (Fsp3) is 0.833. The van der Waals surface area contributed by atoms with Gasteiger partial charge in [-0.15, -0.1) is 0 Å². The minimum absolute atomic E-state index is 0.170. The van der Waals surface area contributed by atoms with Crippen LogP contribution in [0.4, 0.5) is 4.79 Å². The Labute approximate surface area is 102 Å². The normalized spacial score (nSPS) is 25.8. The summed E-state index contributed by atoms with van der Waals surface area (Å²) in [6.45, 7) is 5.61. The van der Waals surface area contributed by atoms with Gasteiger partial charge in [0.25, 0.3) is 0 Å². The highest BCUT2D eigenvalue weighted by Gasteiger charge is 2.36. The Bertz CT molecular complexity index is 306. The van der Waals surface area contributed by atoms with Gasteiger partial charge in [-0.05, 0) is 33.1 Å². The van der Waals surface area contributed by atoms with Crippen LogP contribution in [-0.2, 0) is 4.79 Å². The molecule has 1 heterocycles. The molecule has 0 bridgehead atoms. The maximum Gasteiger partial charge on any atom is 0.326 e. The quantitative estimate of drug-likeness (QED) is 0.820. The smallest absolute Gasteiger partial charge is 0.326 e. The van der Waals surface area contributed by atoms with Gasteiger partial charge in [-0.1, -0.05) is 6.92 Å². The van der Waals surface area contributed by atoms with Gasteiger partial charge < -0.3 is 14.9 Å². The number of rotatable bonds is 3. The van der Waals surface area contributed by atoms with E-state index in [0.717, 1.165) is 19.3 Å². The highest BCUT2D eigenvalue weighted by molar-refractivity contribution is 5.82. The first-order valence-electron chi connectivity index (χ1n) is 6.18. The molecule has 98 valence electrons. The zero-order valence-electron chi connectivity index (χ0n) is 11.0. The van der Waals surface area contributed by atoms with Gasteiger partial charge in [0.05, 0.1) is 0 Å². The lowest BCUT2D eigenvalue weighted by Gasteiger charge is -2.33. The third-order valence-corrected chi connectivity index (χ3v) is 3.72. The molecule has 0 spiro atoms. The van der Waals surface area contributed by atoms with Gasteiger partial charge in [0.1, 0.15) is 6.04 Å². The summed E-state index contributed by atoms with van der Waals surface area (Å²) >= 11 is 0. The summed E-state index contributed by atoms with van der Waals surface area (Å²) < 4.78 is 0. The molecule has 1 saturated heterocycles. The van der Waals surface area contributed by atoms with E-state index in [-0.39, 0.29) is 18.1 Å². The summed E-state index contributed by atoms with van der Waals surface area (Å²) in [5, 5.41) is 8.92. The SMILES string of the molecule is CCC1CCC(C)N1C(=O)N(C)C(C)C(=O)O. The van der Waals surface area contributed by atoms with Gasteiger partial charge >= 0.3 is 12.0 Å². The number of hydrogen-bond donors (Lipinski definition) is 1. The van der Waals surface area contributed by atoms with Crippen LogP contribution in [-0.4, -0.2) is 52.1 Å². The van der Waals surface area contributed by atoms with Gasteiger partial charge in [-0.2, -0.15) is 0 Å². The van der Waals surface area contributed by atoms with Crippen LogP contribution in [0.25, 0.3) is 0 Å². The number of likely N-dealkylation sites (N-methyl/N-ethyl adjacent to an activating group) is 1. The molecule has 5 heteroatoms. The number of carbonyl (C=O) groups excluding carboxylic acids is 1. The molecule has 1 aliphatic rings. The van der Waals surface area contributed by atoms with E-state index in [9.17, 15) is 9.59 Å². The van der Waals surface area contributed by atoms with Crippen molar-refractivity contribution >= 4 is 12.0 Å². The Hall–Kier alpha value is -1.26. The van der Waals surface area contributed by atoms with Crippen LogP contribution >= 0.6 is 0 Å². The first-order valence-corrected chi connectivity index (χ1v) is 6.18. The van der Waals surface area contributed by atoms with Crippen molar-refractivity contribution in [3.8, 4) is 0 Å². The second kappa shape index (κ2) is 5.38. The number of hydrogen-bond acceptors (Lipinski definition) is 2. The fourth-order valence-corrected chi connectivity index (χ4v) is 2.33. The Kier molecular flexibility index (Phi) is 4.37. The predicted octanol–water partition coefficient (Wildman–Crippen LogP) is 1.77. The van der Waals surface area contributed by atoms with E-state index in [1.807, 2.05) is 11.8 Å². The average molecular weight is 242 g/mol. The summed E-state index contributed by atoms with van der Waals surface area (Å²) in [6, 6.07) is -0.499. The fourth-order valence-electron chi connectivity index (χ4n) is 2.33. The maximum absolute atomic E-state index is 12.3. The van der Waals surface area contributed by atoms with Gasteiger partial charge in [0, 0.05) is 19.1 Å². The first kappa shape index (κ1) is 13.8. The van der Waals surface area contributed by atoms with Crippen molar-refractivity contribution in [1.82, 2.24) is 9.80 Å². The Morgan fingerprint density at radius 1 is 1.47 bits per heavy atom. The lowest BCUT2D eigenvalue weighted by Crippen LogP contribution is -2.51. The minimum Gasteiger partial charge on any atom is -0.480 e. The molecule has 1 N–H and O–H groups in total. The molecular formula is C12H22N2O3. The van der Waals surface area contributed by atoms with Crippen molar-refractivity contribution in [2.75, 3.05) is 7.05 Å². The molecule has 1 fully saturated rings. The van der Waals surface area contributed by atoms with Gasteiger partial charge in [0.2, 0.25) is 0 Å². The molecule has 3 atom stereocenters. The Morgan fingerprint density at radius 3 is 2.53 bits per heavy atom. The number of urea groups is 1. The molecule has 0 radical (unpaired) electrons. The van der Waals surface area contributed by atoms with Gasteiger partial charge in [-0.25, -0.2) is 9.59 Å². The van der Waals surface area contributed by atoms with Crippen molar-refractivity contribution < 1.29 is 14.7 Å². The molecule has 0 saturated carbocycles. The lowest BCUT2D eigenvalue weighted by atomic mass is 10.1. The van der Waals surface area contributed by atoms with Crippen molar-refractivity contribution in [2.45, 2.75) is 58.2 Å². The molecule has 0 aromatic heterocycles. The van der Waals surface area contributed by atoms with Gasteiger partial charge in [0.15, 0.2) is 0 Å². The molecule has 2 amide bonds. The van der Waals surface area contributed by atoms with E-state index < -0.39 is 12.0 Å². The molecule has 0 aliphatic carbocycles. The number of aliphatic carboxylic acids is 1. The standard InChI is InChI=1S/C12H22N2O3/c1-5-10-7-6-8(2)14(10)12(17)13(4)9(3)11(15)16/h8-10H,5-7H2,1-4H3,(H,15,16). The largest absolute Gasteiger partial charge is 0.480 e. The second-order valence-electron chi connectivity index (χ2n) is 4.80. The number of carboxylic acid groups (broad SMARTS) is 1. The predicted molar refractivity (Wildman–Crippen MR) is 64.9 cm³/mol. The molecule has 0 aromatic carbocycles. The van der Waals surface area contributed by atoms with Crippen LogP contribution in [0.15, 0.2) is 0 Å². The summed E-state index contributed by atoms with van der Waals surface area (Å²) in [7, 11) is 1.55. The molecule has 3 unspecified atom stereocenters. The van der Waals surface area contributed by atoms with E-state index in [0.29, 0.717) is 0 Å². The summed E-state index contributed by atoms with van der Waals surface area (Å²) in [4.78, 5) is 26.3. The average Bonchev–Trinajstić information content (AvgIpc) is 2.67. The lowest BCUT2D eigenvalue weighted by molar-refractivity contribution is -0.141. The zero-order valence-corrected chi connectivity index (χ0v) is 11.0. The number of amides is 2. The number of nitrogens with zero attached hydrogens (tertiary/aromatic N) is 2. The van der Waals surface area contributed by atoms with E-state index in [2.05, 4.69) is 6.92 Å². The van der Waals surface area contributed by atoms with Crippen molar-refractivity contribution in [3.63, 3.8) is 0 Å². The third-order valence-electron chi connectivity index (χ3n) is 3.72. The molecule has 1 aliphatic heterocycles.